The summed E-state index contributed by atoms with van der Waals surface area (Å²) in [6.45, 7) is 0. The van der Waals surface area contributed by atoms with Crippen molar-refractivity contribution in [1.82, 2.24) is 0 Å². The highest BCUT2D eigenvalue weighted by Crippen LogP contribution is 2.22. The molecule has 6 heteroatoms. The van der Waals surface area contributed by atoms with Crippen molar-refractivity contribution in [2.45, 2.75) is 4.90 Å². The van der Waals surface area contributed by atoms with Gasteiger partial charge in [0, 0.05) is 6.08 Å². The average molecular weight is 338 g/mol. The van der Waals surface area contributed by atoms with Crippen LogP contribution in [0.3, 0.4) is 0 Å². The van der Waals surface area contributed by atoms with Gasteiger partial charge in [0.25, 0.3) is 0 Å². The van der Waals surface area contributed by atoms with Crippen molar-refractivity contribution in [2.75, 3.05) is 0 Å². The van der Waals surface area contributed by atoms with Crippen LogP contribution in [0.5, 0.6) is 0 Å². The summed E-state index contributed by atoms with van der Waals surface area (Å²) < 4.78 is 30.1. The van der Waals surface area contributed by atoms with Crippen LogP contribution in [0.25, 0.3) is 6.08 Å². The number of sulfone groups is 1. The summed E-state index contributed by atoms with van der Waals surface area (Å²) in [6, 6.07) is 12.7. The van der Waals surface area contributed by atoms with Crippen LogP contribution in [-0.4, -0.2) is 8.42 Å². The Morgan fingerprint density at radius 2 is 1.89 bits per heavy atom. The Kier molecular flexibility index (Phi) is 3.88. The van der Waals surface area contributed by atoms with Gasteiger partial charge in [-0.3, -0.25) is 0 Å². The number of halogens is 1. The minimum atomic E-state index is -3.82. The normalized spacial score (nSPS) is 12.1. The summed E-state index contributed by atoms with van der Waals surface area (Å²) in [7, 11) is -3.82. The summed E-state index contributed by atoms with van der Waals surface area (Å²) in [5, 5.41) is 9.04. The van der Waals surface area contributed by atoms with Gasteiger partial charge in [0.1, 0.15) is 11.8 Å². The Morgan fingerprint density at radius 3 is 2.42 bits per heavy atom. The highest BCUT2D eigenvalue weighted by Gasteiger charge is 2.20. The molecule has 0 aliphatic carbocycles. The smallest absolute Gasteiger partial charge is 0.216 e. The van der Waals surface area contributed by atoms with E-state index in [1.165, 1.54) is 18.2 Å². The number of nitrogens with zero attached hydrogens (tertiary/aromatic N) is 1. The van der Waals surface area contributed by atoms with Gasteiger partial charge in [-0.25, -0.2) is 8.42 Å². The van der Waals surface area contributed by atoms with E-state index in [2.05, 4.69) is 15.9 Å². The summed E-state index contributed by atoms with van der Waals surface area (Å²) in [5.41, 5.74) is 0. The summed E-state index contributed by atoms with van der Waals surface area (Å²) >= 11 is 3.11. The average Bonchev–Trinajstić information content (AvgIpc) is 2.82. The first-order valence-electron chi connectivity index (χ1n) is 5.21. The maximum atomic E-state index is 12.2. The molecular formula is C13H8BrNO3S. The molecule has 96 valence electrons. The monoisotopic (exact) mass is 337 g/mol. The van der Waals surface area contributed by atoms with Gasteiger partial charge in [-0.2, -0.15) is 5.26 Å². The summed E-state index contributed by atoms with van der Waals surface area (Å²) in [6.07, 6.45) is 1.20. The van der Waals surface area contributed by atoms with E-state index in [0.717, 1.165) is 0 Å². The zero-order valence-corrected chi connectivity index (χ0v) is 12.0. The van der Waals surface area contributed by atoms with Gasteiger partial charge < -0.3 is 4.42 Å². The topological polar surface area (TPSA) is 71.1 Å². The third-order valence-electron chi connectivity index (χ3n) is 2.32. The molecule has 0 atom stereocenters. The molecule has 0 amide bonds. The largest absolute Gasteiger partial charge is 0.450 e. The second kappa shape index (κ2) is 5.43. The van der Waals surface area contributed by atoms with Crippen molar-refractivity contribution >= 4 is 31.8 Å². The standard InChI is InChI=1S/C13H8BrNO3S/c14-13-7-6-10(18-13)8-12(9-15)19(16,17)11-4-2-1-3-5-11/h1-8H/b12-8+. The van der Waals surface area contributed by atoms with E-state index in [4.69, 9.17) is 9.68 Å². The molecule has 0 saturated carbocycles. The van der Waals surface area contributed by atoms with E-state index < -0.39 is 9.84 Å². The van der Waals surface area contributed by atoms with Crippen molar-refractivity contribution in [3.05, 3.63) is 57.8 Å². The fraction of sp³-hybridized carbons (Fsp3) is 0. The van der Waals surface area contributed by atoms with Crippen LogP contribution in [0.4, 0.5) is 0 Å². The van der Waals surface area contributed by atoms with Gasteiger partial charge in [-0.1, -0.05) is 18.2 Å². The lowest BCUT2D eigenvalue weighted by molar-refractivity contribution is 0.531. The molecule has 0 spiro atoms. The van der Waals surface area contributed by atoms with E-state index in [0.29, 0.717) is 10.4 Å². The van der Waals surface area contributed by atoms with E-state index in [1.807, 2.05) is 0 Å². The highest BCUT2D eigenvalue weighted by molar-refractivity contribution is 9.10. The zero-order valence-electron chi connectivity index (χ0n) is 9.58. The highest BCUT2D eigenvalue weighted by atomic mass is 79.9. The number of nitriles is 1. The number of benzene rings is 1. The molecule has 0 N–H and O–H groups in total. The molecule has 0 radical (unpaired) electrons. The van der Waals surface area contributed by atoms with Crippen LogP contribution in [-0.2, 0) is 9.84 Å². The van der Waals surface area contributed by atoms with Crippen molar-refractivity contribution in [1.29, 1.82) is 5.26 Å². The summed E-state index contributed by atoms with van der Waals surface area (Å²) in [5.74, 6) is 0.294. The van der Waals surface area contributed by atoms with Crippen molar-refractivity contribution in [3.8, 4) is 6.07 Å². The second-order valence-electron chi connectivity index (χ2n) is 3.58. The first-order valence-corrected chi connectivity index (χ1v) is 7.49. The molecule has 4 nitrogen and oxygen atoms in total. The van der Waals surface area contributed by atoms with Gasteiger partial charge in [-0.15, -0.1) is 0 Å². The van der Waals surface area contributed by atoms with Gasteiger partial charge in [0.15, 0.2) is 9.57 Å². The molecule has 0 aliphatic rings. The molecule has 1 aromatic carbocycles. The maximum Gasteiger partial charge on any atom is 0.216 e. The Morgan fingerprint density at radius 1 is 1.21 bits per heavy atom. The number of hydrogen-bond donors (Lipinski definition) is 0. The number of hydrogen-bond acceptors (Lipinski definition) is 4. The maximum absolute atomic E-state index is 12.2. The zero-order chi connectivity index (χ0) is 13.9. The molecular weight excluding hydrogens is 330 g/mol. The van der Waals surface area contributed by atoms with Crippen LogP contribution < -0.4 is 0 Å². The van der Waals surface area contributed by atoms with Gasteiger partial charge in [0.2, 0.25) is 9.84 Å². The SMILES string of the molecule is N#C/C(=C\c1ccc(Br)o1)S(=O)(=O)c1ccccc1. The van der Waals surface area contributed by atoms with E-state index in [1.54, 1.807) is 36.4 Å². The Bertz CT molecular complexity index is 755. The molecule has 0 fully saturated rings. The Labute approximate surface area is 119 Å². The lowest BCUT2D eigenvalue weighted by atomic mass is 10.4. The predicted molar refractivity (Wildman–Crippen MR) is 73.6 cm³/mol. The molecule has 1 heterocycles. The van der Waals surface area contributed by atoms with E-state index in [9.17, 15) is 8.42 Å². The van der Waals surface area contributed by atoms with Crippen LogP contribution in [0.15, 0.2) is 61.4 Å². The fourth-order valence-corrected chi connectivity index (χ4v) is 2.91. The Hall–Kier alpha value is -1.84. The van der Waals surface area contributed by atoms with Crippen LogP contribution >= 0.6 is 15.9 Å². The number of allylic oxidation sites excluding steroid dienone is 1. The van der Waals surface area contributed by atoms with Crippen LogP contribution in [0, 0.1) is 11.3 Å². The molecule has 19 heavy (non-hydrogen) atoms. The quantitative estimate of drug-likeness (QED) is 0.805. The van der Waals surface area contributed by atoms with Crippen molar-refractivity contribution < 1.29 is 12.8 Å². The minimum Gasteiger partial charge on any atom is -0.450 e. The second-order valence-corrected chi connectivity index (χ2v) is 6.28. The van der Waals surface area contributed by atoms with E-state index >= 15 is 0 Å². The third kappa shape index (κ3) is 2.95. The lowest BCUT2D eigenvalue weighted by Crippen LogP contribution is -2.03. The first-order chi connectivity index (χ1) is 9.04. The fourth-order valence-electron chi connectivity index (χ4n) is 1.43. The molecule has 2 aromatic rings. The van der Waals surface area contributed by atoms with Crippen LogP contribution in [0.2, 0.25) is 0 Å². The molecule has 2 rings (SSSR count). The number of rotatable bonds is 3. The molecule has 0 bridgehead atoms. The minimum absolute atomic E-state index is 0.0772. The number of furan rings is 1. The van der Waals surface area contributed by atoms with Gasteiger partial charge >= 0.3 is 0 Å². The lowest BCUT2D eigenvalue weighted by Gasteiger charge is -2.01. The predicted octanol–water partition coefficient (Wildman–Crippen LogP) is 3.38. The van der Waals surface area contributed by atoms with Gasteiger partial charge in [0.05, 0.1) is 4.90 Å². The molecule has 0 unspecified atom stereocenters. The molecule has 1 aromatic heterocycles. The summed E-state index contributed by atoms with van der Waals surface area (Å²) in [4.78, 5) is -0.283. The van der Waals surface area contributed by atoms with Crippen molar-refractivity contribution in [3.63, 3.8) is 0 Å². The third-order valence-corrected chi connectivity index (χ3v) is 4.43. The van der Waals surface area contributed by atoms with Gasteiger partial charge in [-0.05, 0) is 40.2 Å². The molecule has 0 saturated heterocycles. The molecule has 0 aliphatic heterocycles. The van der Waals surface area contributed by atoms with E-state index in [-0.39, 0.29) is 9.80 Å². The van der Waals surface area contributed by atoms with Crippen LogP contribution in [0.1, 0.15) is 5.76 Å². The van der Waals surface area contributed by atoms with Crippen molar-refractivity contribution in [2.24, 2.45) is 0 Å². The Balaban J connectivity index is 2.49. The first kappa shape index (κ1) is 13.6.